The van der Waals surface area contributed by atoms with Crippen molar-refractivity contribution in [2.75, 3.05) is 13.7 Å². The summed E-state index contributed by atoms with van der Waals surface area (Å²) >= 11 is 0. The molecule has 0 aliphatic carbocycles. The Morgan fingerprint density at radius 1 is 1.16 bits per heavy atom. The lowest BCUT2D eigenvalue weighted by Crippen LogP contribution is -2.46. The number of allylic oxidation sites excluding steroid dienone is 1. The van der Waals surface area contributed by atoms with E-state index in [1.807, 2.05) is 12.1 Å². The van der Waals surface area contributed by atoms with Crippen molar-refractivity contribution >= 4 is 23.7 Å². The van der Waals surface area contributed by atoms with Crippen LogP contribution >= 0.6 is 0 Å². The molecule has 0 saturated heterocycles. The first-order valence-electron chi connectivity index (χ1n) is 9.66. The Kier molecular flexibility index (Phi) is 6.59. The molecule has 0 spiro atoms. The highest BCUT2D eigenvalue weighted by molar-refractivity contribution is 6.14. The monoisotopic (exact) mass is 425 g/mol. The molecule has 2 N–H and O–H groups in total. The molecule has 1 aliphatic heterocycles. The van der Waals surface area contributed by atoms with Crippen molar-refractivity contribution in [2.24, 2.45) is 5.92 Å². The molecule has 1 atom stereocenters. The molecular formula is C23H23NO7. The van der Waals surface area contributed by atoms with Crippen molar-refractivity contribution in [3.63, 3.8) is 0 Å². The minimum atomic E-state index is -1.11. The summed E-state index contributed by atoms with van der Waals surface area (Å²) < 4.78 is 16.3. The second-order valence-electron chi connectivity index (χ2n) is 7.29. The van der Waals surface area contributed by atoms with E-state index in [0.717, 1.165) is 5.56 Å². The maximum Gasteiger partial charge on any atom is 0.326 e. The zero-order valence-corrected chi connectivity index (χ0v) is 17.4. The van der Waals surface area contributed by atoms with E-state index in [9.17, 15) is 14.4 Å². The van der Waals surface area contributed by atoms with E-state index in [-0.39, 0.29) is 24.1 Å². The molecule has 2 aromatic carbocycles. The molecule has 0 radical (unpaired) electrons. The molecule has 0 aromatic heterocycles. The Morgan fingerprint density at radius 3 is 2.61 bits per heavy atom. The highest BCUT2D eigenvalue weighted by Crippen LogP contribution is 2.35. The number of carbonyl (C=O) groups is 3. The van der Waals surface area contributed by atoms with E-state index >= 15 is 0 Å². The molecule has 1 amide bonds. The molecule has 0 fully saturated rings. The highest BCUT2D eigenvalue weighted by atomic mass is 16.5. The Labute approximate surface area is 179 Å². The number of methoxy groups -OCH3 is 1. The van der Waals surface area contributed by atoms with Gasteiger partial charge in [-0.2, -0.15) is 0 Å². The molecule has 0 unspecified atom stereocenters. The zero-order valence-electron chi connectivity index (χ0n) is 17.4. The number of aliphatic carboxylic acids is 1. The summed E-state index contributed by atoms with van der Waals surface area (Å²) in [7, 11) is 1.56. The summed E-state index contributed by atoms with van der Waals surface area (Å²) in [6.07, 6.45) is 1.62. The number of fused-ring (bicyclic) bond motifs is 1. The topological polar surface area (TPSA) is 111 Å². The molecule has 1 heterocycles. The fourth-order valence-corrected chi connectivity index (χ4v) is 3.02. The van der Waals surface area contributed by atoms with Gasteiger partial charge in [0.1, 0.15) is 23.3 Å². The molecule has 2 aromatic rings. The van der Waals surface area contributed by atoms with E-state index in [4.69, 9.17) is 19.3 Å². The van der Waals surface area contributed by atoms with Gasteiger partial charge in [-0.15, -0.1) is 0 Å². The van der Waals surface area contributed by atoms with Gasteiger partial charge < -0.3 is 24.6 Å². The van der Waals surface area contributed by atoms with Crippen molar-refractivity contribution in [3.05, 3.63) is 59.4 Å². The number of ether oxygens (including phenoxy) is 3. The van der Waals surface area contributed by atoms with E-state index in [1.165, 1.54) is 6.07 Å². The quantitative estimate of drug-likeness (QED) is 0.626. The van der Waals surface area contributed by atoms with Crippen molar-refractivity contribution in [3.8, 4) is 17.2 Å². The first-order chi connectivity index (χ1) is 14.8. The van der Waals surface area contributed by atoms with Gasteiger partial charge in [-0.05, 0) is 41.8 Å². The minimum Gasteiger partial charge on any atom is -0.497 e. The molecule has 0 saturated carbocycles. The third-order valence-corrected chi connectivity index (χ3v) is 4.65. The maximum atomic E-state index is 12.6. The number of amides is 1. The number of carbonyl (C=O) groups excluding carboxylic acids is 2. The molecule has 31 heavy (non-hydrogen) atoms. The van der Waals surface area contributed by atoms with Crippen LogP contribution < -0.4 is 19.5 Å². The smallest absolute Gasteiger partial charge is 0.326 e. The van der Waals surface area contributed by atoms with Crippen LogP contribution in [-0.2, 0) is 9.59 Å². The van der Waals surface area contributed by atoms with Crippen LogP contribution in [0, 0.1) is 5.92 Å². The molecule has 3 rings (SSSR count). The summed E-state index contributed by atoms with van der Waals surface area (Å²) in [5.41, 5.74) is 1.14. The van der Waals surface area contributed by atoms with Crippen LogP contribution in [0.4, 0.5) is 0 Å². The number of rotatable bonds is 8. The normalized spacial score (nSPS) is 14.7. The molecule has 8 heteroatoms. The zero-order chi connectivity index (χ0) is 22.5. The van der Waals surface area contributed by atoms with Crippen LogP contribution in [-0.4, -0.2) is 42.5 Å². The van der Waals surface area contributed by atoms with Crippen LogP contribution in [0.1, 0.15) is 29.8 Å². The number of hydrogen-bond donors (Lipinski definition) is 2. The average molecular weight is 425 g/mol. The van der Waals surface area contributed by atoms with Crippen molar-refractivity contribution < 1.29 is 33.7 Å². The lowest BCUT2D eigenvalue weighted by molar-refractivity contribution is -0.143. The van der Waals surface area contributed by atoms with Gasteiger partial charge in [0.25, 0.3) is 5.91 Å². The number of hydrogen-bond acceptors (Lipinski definition) is 6. The Balaban J connectivity index is 1.67. The Morgan fingerprint density at radius 2 is 1.94 bits per heavy atom. The first-order valence-corrected chi connectivity index (χ1v) is 9.66. The van der Waals surface area contributed by atoms with Crippen LogP contribution in [0.3, 0.4) is 0 Å². The lowest BCUT2D eigenvalue weighted by Gasteiger charge is -2.18. The van der Waals surface area contributed by atoms with Gasteiger partial charge in [-0.25, -0.2) is 4.79 Å². The van der Waals surface area contributed by atoms with E-state index in [0.29, 0.717) is 22.8 Å². The van der Waals surface area contributed by atoms with Crippen LogP contribution in [0.5, 0.6) is 17.2 Å². The van der Waals surface area contributed by atoms with E-state index in [1.54, 1.807) is 51.3 Å². The van der Waals surface area contributed by atoms with E-state index in [2.05, 4.69) is 5.32 Å². The number of carboxylic acids is 1. The number of nitrogens with one attached hydrogen (secondary N) is 1. The number of benzene rings is 2. The van der Waals surface area contributed by atoms with Gasteiger partial charge in [0, 0.05) is 6.07 Å². The van der Waals surface area contributed by atoms with Gasteiger partial charge >= 0.3 is 5.97 Å². The minimum absolute atomic E-state index is 0.166. The molecule has 1 aliphatic rings. The van der Waals surface area contributed by atoms with Gasteiger partial charge in [0.2, 0.25) is 5.78 Å². The summed E-state index contributed by atoms with van der Waals surface area (Å²) in [5.74, 6) is -0.726. The van der Waals surface area contributed by atoms with Crippen LogP contribution in [0.15, 0.2) is 48.2 Å². The Bertz CT molecular complexity index is 1040. The predicted octanol–water partition coefficient (Wildman–Crippen LogP) is 2.92. The third kappa shape index (κ3) is 5.22. The van der Waals surface area contributed by atoms with Gasteiger partial charge in [-0.1, -0.05) is 26.0 Å². The fourth-order valence-electron chi connectivity index (χ4n) is 3.02. The molecule has 0 bridgehead atoms. The van der Waals surface area contributed by atoms with Gasteiger partial charge in [0.15, 0.2) is 12.4 Å². The molecule has 162 valence electrons. The summed E-state index contributed by atoms with van der Waals surface area (Å²) in [6, 6.07) is 10.8. The Hall–Kier alpha value is -3.81. The largest absolute Gasteiger partial charge is 0.497 e. The fraction of sp³-hybridized carbons (Fsp3) is 0.261. The summed E-state index contributed by atoms with van der Waals surface area (Å²) in [6.45, 7) is 3.03. The summed E-state index contributed by atoms with van der Waals surface area (Å²) in [5, 5.41) is 11.6. The molecular weight excluding hydrogens is 402 g/mol. The van der Waals surface area contributed by atoms with Crippen molar-refractivity contribution in [1.29, 1.82) is 0 Å². The van der Waals surface area contributed by atoms with Crippen LogP contribution in [0.2, 0.25) is 0 Å². The first kappa shape index (κ1) is 21.9. The van der Waals surface area contributed by atoms with Crippen molar-refractivity contribution in [1.82, 2.24) is 5.32 Å². The highest BCUT2D eigenvalue weighted by Gasteiger charge is 2.28. The van der Waals surface area contributed by atoms with E-state index < -0.39 is 17.9 Å². The number of Topliss-reactive ketones (excluding diaryl/α,β-unsaturated/α-hetero) is 1. The predicted molar refractivity (Wildman–Crippen MR) is 112 cm³/mol. The number of carboxylic acid groups (broad SMARTS) is 1. The van der Waals surface area contributed by atoms with Crippen LogP contribution in [0.25, 0.3) is 6.08 Å². The van der Waals surface area contributed by atoms with Gasteiger partial charge in [0.05, 0.1) is 12.7 Å². The van der Waals surface area contributed by atoms with Crippen molar-refractivity contribution in [2.45, 2.75) is 19.9 Å². The summed E-state index contributed by atoms with van der Waals surface area (Å²) in [4.78, 5) is 35.8. The maximum absolute atomic E-state index is 12.6. The lowest BCUT2D eigenvalue weighted by atomic mass is 10.1. The second-order valence-corrected chi connectivity index (χ2v) is 7.29. The number of ketones is 1. The average Bonchev–Trinajstić information content (AvgIpc) is 3.04. The standard InChI is InChI=1S/C23H23NO7/c1-13(2)21(23(27)28)24-20(25)12-30-16-7-8-17-18(11-16)31-19(22(17)26)10-14-5-4-6-15(9-14)29-3/h4-11,13,21H,12H2,1-3H3,(H,24,25)(H,27,28)/t21-/m0/s1. The SMILES string of the molecule is COc1cccc(C=C2Oc3cc(OCC(=O)N[C@H](C(=O)O)C(C)C)ccc3C2=O)c1. The third-order valence-electron chi connectivity index (χ3n) is 4.65. The van der Waals surface area contributed by atoms with Gasteiger partial charge in [-0.3, -0.25) is 9.59 Å². The second kappa shape index (κ2) is 9.34. The molecule has 8 nitrogen and oxygen atoms in total.